The Morgan fingerprint density at radius 2 is 2.28 bits per heavy atom. The van der Waals surface area contributed by atoms with Crippen molar-refractivity contribution in [3.8, 4) is 0 Å². The third-order valence-electron chi connectivity index (χ3n) is 3.15. The molecule has 1 atom stereocenters. The predicted molar refractivity (Wildman–Crippen MR) is 63.7 cm³/mol. The van der Waals surface area contributed by atoms with Gasteiger partial charge in [-0.05, 0) is 6.42 Å². The molecule has 0 unspecified atom stereocenters. The fourth-order valence-corrected chi connectivity index (χ4v) is 2.22. The zero-order valence-corrected chi connectivity index (χ0v) is 9.45. The van der Waals surface area contributed by atoms with Crippen molar-refractivity contribution < 1.29 is 9.90 Å². The van der Waals surface area contributed by atoms with Gasteiger partial charge in [0.15, 0.2) is 11.5 Å². The molecule has 0 bridgehead atoms. The highest BCUT2D eigenvalue weighted by Crippen LogP contribution is 2.31. The first kappa shape index (κ1) is 10.7. The van der Waals surface area contributed by atoms with Crippen LogP contribution in [0.15, 0.2) is 24.3 Å². The van der Waals surface area contributed by atoms with E-state index in [0.717, 1.165) is 0 Å². The lowest BCUT2D eigenvalue weighted by Crippen LogP contribution is -2.07. The lowest BCUT2D eigenvalue weighted by atomic mass is 10.2. The van der Waals surface area contributed by atoms with E-state index < -0.39 is 5.97 Å². The van der Waals surface area contributed by atoms with Gasteiger partial charge in [0, 0.05) is 18.0 Å². The summed E-state index contributed by atoms with van der Waals surface area (Å²) < 4.78 is 1.86. The van der Waals surface area contributed by atoms with E-state index in [9.17, 15) is 4.79 Å². The molecule has 18 heavy (non-hydrogen) atoms. The molecule has 7 heteroatoms. The smallest absolute Gasteiger partial charge is 0.331 e. The molecular formula is C11H11N5O2. The van der Waals surface area contributed by atoms with Gasteiger partial charge >= 0.3 is 5.97 Å². The highest BCUT2D eigenvalue weighted by atomic mass is 16.4. The van der Waals surface area contributed by atoms with Gasteiger partial charge in [0.1, 0.15) is 11.8 Å². The maximum Gasteiger partial charge on any atom is 0.331 e. The van der Waals surface area contributed by atoms with Gasteiger partial charge < -0.3 is 15.4 Å². The second kappa shape index (κ2) is 3.80. The molecule has 1 aliphatic rings. The quantitative estimate of drug-likeness (QED) is 0.808. The van der Waals surface area contributed by atoms with Gasteiger partial charge in [-0.15, -0.1) is 0 Å². The number of imidazole rings is 1. The average Bonchev–Trinajstić information content (AvgIpc) is 2.94. The van der Waals surface area contributed by atoms with E-state index in [0.29, 0.717) is 35.4 Å². The molecule has 2 heterocycles. The Labute approximate surface area is 102 Å². The summed E-state index contributed by atoms with van der Waals surface area (Å²) in [6.45, 7) is 0. The third kappa shape index (κ3) is 1.52. The molecule has 7 nitrogen and oxygen atoms in total. The number of nitrogens with two attached hydrogens (primary N) is 1. The Hall–Kier alpha value is -2.44. The number of nitrogens with zero attached hydrogens (tertiary/aromatic N) is 4. The number of allylic oxidation sites excluding steroid dienone is 1. The van der Waals surface area contributed by atoms with Gasteiger partial charge in [-0.3, -0.25) is 0 Å². The molecule has 92 valence electrons. The summed E-state index contributed by atoms with van der Waals surface area (Å²) in [5, 5.41) is 8.95. The van der Waals surface area contributed by atoms with Crippen LogP contribution >= 0.6 is 0 Å². The second-order valence-electron chi connectivity index (χ2n) is 4.21. The van der Waals surface area contributed by atoms with Crippen molar-refractivity contribution in [1.82, 2.24) is 19.5 Å². The van der Waals surface area contributed by atoms with Gasteiger partial charge in [-0.2, -0.15) is 0 Å². The first-order valence-electron chi connectivity index (χ1n) is 5.52. The number of nitrogen functional groups attached to an aromatic ring is 1. The number of aliphatic carboxylic acids is 1. The molecule has 3 N–H and O–H groups in total. The molecule has 0 saturated carbocycles. The number of aromatic nitrogens is 4. The summed E-state index contributed by atoms with van der Waals surface area (Å²) in [5.41, 5.74) is 7.35. The first-order valence-corrected chi connectivity index (χ1v) is 5.52. The lowest BCUT2D eigenvalue weighted by Gasteiger charge is -2.11. The minimum Gasteiger partial charge on any atom is -0.478 e. The summed E-state index contributed by atoms with van der Waals surface area (Å²) in [4.78, 5) is 23.1. The van der Waals surface area contributed by atoms with Crippen LogP contribution in [-0.4, -0.2) is 30.6 Å². The van der Waals surface area contributed by atoms with Crippen LogP contribution in [0, 0.1) is 0 Å². The predicted octanol–water partition coefficient (Wildman–Crippen LogP) is 0.754. The van der Waals surface area contributed by atoms with Crippen molar-refractivity contribution in [3.63, 3.8) is 0 Å². The Bertz CT molecular complexity index is 660. The SMILES string of the molecule is Nc1ncnc2c1ncn2[C@@H]1CC=C(C(=O)O)C1. The van der Waals surface area contributed by atoms with Crippen LogP contribution in [0.5, 0.6) is 0 Å². The van der Waals surface area contributed by atoms with Crippen LogP contribution in [0.4, 0.5) is 5.82 Å². The molecule has 1 aliphatic carbocycles. The van der Waals surface area contributed by atoms with Gasteiger partial charge in [-0.25, -0.2) is 19.7 Å². The number of fused-ring (bicyclic) bond motifs is 1. The van der Waals surface area contributed by atoms with E-state index in [4.69, 9.17) is 10.8 Å². The molecule has 0 aliphatic heterocycles. The maximum absolute atomic E-state index is 10.9. The topological polar surface area (TPSA) is 107 Å². The average molecular weight is 245 g/mol. The Morgan fingerprint density at radius 3 is 3.00 bits per heavy atom. The molecule has 0 fully saturated rings. The molecule has 0 saturated heterocycles. The fourth-order valence-electron chi connectivity index (χ4n) is 2.22. The Morgan fingerprint density at radius 1 is 1.44 bits per heavy atom. The summed E-state index contributed by atoms with van der Waals surface area (Å²) >= 11 is 0. The van der Waals surface area contributed by atoms with Gasteiger partial charge in [0.2, 0.25) is 0 Å². The number of carbonyl (C=O) groups is 1. The summed E-state index contributed by atoms with van der Waals surface area (Å²) in [6.07, 6.45) is 5.90. The molecule has 0 amide bonds. The standard InChI is InChI=1S/C11H11N5O2/c12-9-8-10(14-4-13-9)16(5-15-8)7-2-1-6(3-7)11(17)18/h1,4-5,7H,2-3H2,(H,17,18)(H2,12,13,14)/t7-/m1/s1. The van der Waals surface area contributed by atoms with Crippen molar-refractivity contribution in [2.45, 2.75) is 18.9 Å². The second-order valence-corrected chi connectivity index (χ2v) is 4.21. The van der Waals surface area contributed by atoms with Crippen molar-refractivity contribution >= 4 is 23.0 Å². The van der Waals surface area contributed by atoms with Gasteiger partial charge in [0.25, 0.3) is 0 Å². The van der Waals surface area contributed by atoms with E-state index in [1.54, 1.807) is 12.4 Å². The highest BCUT2D eigenvalue weighted by Gasteiger charge is 2.24. The van der Waals surface area contributed by atoms with E-state index in [1.807, 2.05) is 4.57 Å². The number of hydrogen-bond donors (Lipinski definition) is 2. The van der Waals surface area contributed by atoms with E-state index >= 15 is 0 Å². The minimum absolute atomic E-state index is 0.0374. The van der Waals surface area contributed by atoms with E-state index in [2.05, 4.69) is 15.0 Å². The zero-order chi connectivity index (χ0) is 12.7. The van der Waals surface area contributed by atoms with Crippen LogP contribution in [0.2, 0.25) is 0 Å². The van der Waals surface area contributed by atoms with Crippen molar-refractivity contribution in [1.29, 1.82) is 0 Å². The summed E-state index contributed by atoms with van der Waals surface area (Å²) in [7, 11) is 0. The summed E-state index contributed by atoms with van der Waals surface area (Å²) in [5.74, 6) is -0.528. The molecule has 0 spiro atoms. The zero-order valence-electron chi connectivity index (χ0n) is 9.45. The first-order chi connectivity index (χ1) is 8.66. The number of rotatable bonds is 2. The number of anilines is 1. The molecule has 2 aromatic rings. The van der Waals surface area contributed by atoms with Crippen LogP contribution in [0.3, 0.4) is 0 Å². The molecule has 0 radical (unpaired) electrons. The maximum atomic E-state index is 10.9. The number of carboxylic acids is 1. The molecule has 0 aromatic carbocycles. The molecule has 2 aromatic heterocycles. The minimum atomic E-state index is -0.865. The Balaban J connectivity index is 1.98. The van der Waals surface area contributed by atoms with Crippen molar-refractivity contribution in [3.05, 3.63) is 24.3 Å². The van der Waals surface area contributed by atoms with E-state index in [1.165, 1.54) is 6.33 Å². The van der Waals surface area contributed by atoms with Crippen LogP contribution < -0.4 is 5.73 Å². The van der Waals surface area contributed by atoms with Crippen LogP contribution in [-0.2, 0) is 4.79 Å². The number of hydrogen-bond acceptors (Lipinski definition) is 5. The molecule has 3 rings (SSSR count). The largest absolute Gasteiger partial charge is 0.478 e. The van der Waals surface area contributed by atoms with Crippen molar-refractivity contribution in [2.24, 2.45) is 0 Å². The van der Waals surface area contributed by atoms with E-state index in [-0.39, 0.29) is 6.04 Å². The van der Waals surface area contributed by atoms with Crippen molar-refractivity contribution in [2.75, 3.05) is 5.73 Å². The van der Waals surface area contributed by atoms with Gasteiger partial charge in [0.05, 0.1) is 6.33 Å². The lowest BCUT2D eigenvalue weighted by molar-refractivity contribution is -0.132. The third-order valence-corrected chi connectivity index (χ3v) is 3.15. The number of carboxylic acid groups (broad SMARTS) is 1. The highest BCUT2D eigenvalue weighted by molar-refractivity contribution is 5.87. The normalized spacial score (nSPS) is 19.1. The Kier molecular flexibility index (Phi) is 2.26. The van der Waals surface area contributed by atoms with Crippen LogP contribution in [0.1, 0.15) is 18.9 Å². The fraction of sp³-hybridized carbons (Fsp3) is 0.273. The van der Waals surface area contributed by atoms with Gasteiger partial charge in [-0.1, -0.05) is 6.08 Å². The monoisotopic (exact) mass is 245 g/mol. The van der Waals surface area contributed by atoms with Crippen LogP contribution in [0.25, 0.3) is 11.2 Å². The summed E-state index contributed by atoms with van der Waals surface area (Å²) in [6, 6.07) is 0.0374. The molecular weight excluding hydrogens is 234 g/mol.